The Morgan fingerprint density at radius 1 is 0.266 bits per heavy atom. The molecule has 0 aromatic rings. The molecule has 1 atom stereocenters. The molecule has 6 nitrogen and oxygen atoms in total. The van der Waals surface area contributed by atoms with Crippen molar-refractivity contribution in [3.05, 3.63) is 122 Å². The average molecular weight is 1100 g/mol. The zero-order valence-corrected chi connectivity index (χ0v) is 51.6. The Bertz CT molecular complexity index is 1640. The number of allylic oxidation sites excluding steroid dienone is 20. The van der Waals surface area contributed by atoms with Gasteiger partial charge in [-0.1, -0.05) is 290 Å². The molecule has 450 valence electrons. The van der Waals surface area contributed by atoms with Gasteiger partial charge in [-0.3, -0.25) is 14.4 Å². The van der Waals surface area contributed by atoms with E-state index in [9.17, 15) is 14.4 Å². The molecule has 0 fully saturated rings. The molecule has 0 heterocycles. The van der Waals surface area contributed by atoms with Crippen molar-refractivity contribution in [2.24, 2.45) is 0 Å². The van der Waals surface area contributed by atoms with Crippen molar-refractivity contribution in [2.75, 3.05) is 13.2 Å². The zero-order valence-electron chi connectivity index (χ0n) is 51.6. The average Bonchev–Trinajstić information content (AvgIpc) is 3.45. The van der Waals surface area contributed by atoms with Gasteiger partial charge in [0.25, 0.3) is 0 Å². The molecule has 6 heteroatoms. The minimum atomic E-state index is -0.788. The second-order valence-corrected chi connectivity index (χ2v) is 21.6. The molecule has 0 amide bonds. The number of carbonyl (C=O) groups is 3. The van der Waals surface area contributed by atoms with Gasteiger partial charge in [-0.05, 0) is 116 Å². The van der Waals surface area contributed by atoms with E-state index in [0.29, 0.717) is 19.3 Å². The molecule has 0 aromatic heterocycles. The zero-order chi connectivity index (χ0) is 57.1. The minimum Gasteiger partial charge on any atom is -0.462 e. The van der Waals surface area contributed by atoms with Crippen LogP contribution in [0.25, 0.3) is 0 Å². The highest BCUT2D eigenvalue weighted by atomic mass is 16.6. The van der Waals surface area contributed by atoms with E-state index < -0.39 is 6.10 Å². The summed E-state index contributed by atoms with van der Waals surface area (Å²) >= 11 is 0. The Balaban J connectivity index is 4.25. The Morgan fingerprint density at radius 2 is 0.494 bits per heavy atom. The lowest BCUT2D eigenvalue weighted by Crippen LogP contribution is -2.30. The molecule has 0 aromatic carbocycles. The molecule has 0 rings (SSSR count). The lowest BCUT2D eigenvalue weighted by Gasteiger charge is -2.18. The number of esters is 3. The molecule has 0 spiro atoms. The third-order valence-electron chi connectivity index (χ3n) is 14.0. The van der Waals surface area contributed by atoms with E-state index in [4.69, 9.17) is 14.2 Å². The van der Waals surface area contributed by atoms with Gasteiger partial charge >= 0.3 is 17.9 Å². The number of hydrogen-bond donors (Lipinski definition) is 0. The van der Waals surface area contributed by atoms with E-state index in [1.165, 1.54) is 128 Å². The van der Waals surface area contributed by atoms with Crippen LogP contribution in [0.3, 0.4) is 0 Å². The Hall–Kier alpha value is -4.19. The van der Waals surface area contributed by atoms with Gasteiger partial charge in [-0.25, -0.2) is 0 Å². The first-order valence-electron chi connectivity index (χ1n) is 33.0. The monoisotopic (exact) mass is 1090 g/mol. The molecule has 0 aliphatic heterocycles. The summed E-state index contributed by atoms with van der Waals surface area (Å²) in [6.07, 6.45) is 92.2. The maximum Gasteiger partial charge on any atom is 0.306 e. The number of ether oxygens (including phenoxy) is 3. The molecule has 0 N–H and O–H groups in total. The predicted octanol–water partition coefficient (Wildman–Crippen LogP) is 22.8. The van der Waals surface area contributed by atoms with E-state index in [2.05, 4.69) is 142 Å². The highest BCUT2D eigenvalue weighted by molar-refractivity contribution is 5.71. The van der Waals surface area contributed by atoms with Crippen molar-refractivity contribution < 1.29 is 28.6 Å². The van der Waals surface area contributed by atoms with Gasteiger partial charge < -0.3 is 14.2 Å². The van der Waals surface area contributed by atoms with Gasteiger partial charge in [0, 0.05) is 19.3 Å². The smallest absolute Gasteiger partial charge is 0.306 e. The van der Waals surface area contributed by atoms with Crippen molar-refractivity contribution in [3.63, 3.8) is 0 Å². The standard InChI is InChI=1S/C73H122O6/c1-4-7-10-13-16-19-21-23-25-27-29-30-31-32-33-34-35-36-37-38-39-40-41-42-44-45-47-49-51-54-57-60-63-66-72(75)78-69-70(68-77-71(74)65-62-59-56-53-18-15-12-9-6-3)79-73(76)67-64-61-58-55-52-50-48-46-43-28-26-24-22-20-17-14-11-8-5-2/h7,10,16,19,23-26,29-30,32-33,35-36,38-39,41-42,45,47,70H,4-6,8-9,11-15,17-18,20-22,27-28,31,34,37,40,43-44,46,48-69H2,1-3H3/b10-7-,19-16-,25-23-,26-24-,30-29-,33-32-,36-35-,39-38-,42-41-,47-45-. The molecular formula is C73H122O6. The van der Waals surface area contributed by atoms with Crippen LogP contribution in [0.1, 0.15) is 303 Å². The second kappa shape index (κ2) is 66.3. The summed E-state index contributed by atoms with van der Waals surface area (Å²) < 4.78 is 16.9. The molecule has 0 aliphatic carbocycles. The second-order valence-electron chi connectivity index (χ2n) is 21.6. The lowest BCUT2D eigenvalue weighted by atomic mass is 10.1. The van der Waals surface area contributed by atoms with Crippen molar-refractivity contribution in [1.29, 1.82) is 0 Å². The van der Waals surface area contributed by atoms with Crippen LogP contribution in [-0.4, -0.2) is 37.2 Å². The Morgan fingerprint density at radius 3 is 0.785 bits per heavy atom. The van der Waals surface area contributed by atoms with Gasteiger partial charge in [0.1, 0.15) is 13.2 Å². The quantitative estimate of drug-likeness (QED) is 0.0261. The van der Waals surface area contributed by atoms with E-state index in [1.54, 1.807) is 0 Å². The number of carbonyl (C=O) groups excluding carboxylic acids is 3. The minimum absolute atomic E-state index is 0.0842. The highest BCUT2D eigenvalue weighted by Gasteiger charge is 2.19. The molecule has 79 heavy (non-hydrogen) atoms. The summed E-state index contributed by atoms with van der Waals surface area (Å²) in [7, 11) is 0. The van der Waals surface area contributed by atoms with E-state index in [1.807, 2.05) is 0 Å². The third kappa shape index (κ3) is 64.5. The summed E-state index contributed by atoms with van der Waals surface area (Å²) in [5.74, 6) is -0.903. The van der Waals surface area contributed by atoms with Crippen molar-refractivity contribution in [1.82, 2.24) is 0 Å². The Kier molecular flexibility index (Phi) is 62.8. The van der Waals surface area contributed by atoms with Gasteiger partial charge in [0.05, 0.1) is 0 Å². The van der Waals surface area contributed by atoms with Crippen LogP contribution in [0, 0.1) is 0 Å². The number of rotatable bonds is 59. The summed E-state index contributed by atoms with van der Waals surface area (Å²) in [5.41, 5.74) is 0. The van der Waals surface area contributed by atoms with Gasteiger partial charge in [-0.15, -0.1) is 0 Å². The summed E-state index contributed by atoms with van der Waals surface area (Å²) in [5, 5.41) is 0. The lowest BCUT2D eigenvalue weighted by molar-refractivity contribution is -0.167. The fraction of sp³-hybridized carbons (Fsp3) is 0.685. The normalized spacial score (nSPS) is 12.9. The maximum atomic E-state index is 12.9. The Labute approximate surface area is 488 Å². The van der Waals surface area contributed by atoms with Crippen LogP contribution in [0.2, 0.25) is 0 Å². The highest BCUT2D eigenvalue weighted by Crippen LogP contribution is 2.16. The number of hydrogen-bond acceptors (Lipinski definition) is 6. The molecule has 0 radical (unpaired) electrons. The summed E-state index contributed by atoms with van der Waals surface area (Å²) in [6.45, 7) is 6.50. The van der Waals surface area contributed by atoms with Crippen LogP contribution < -0.4 is 0 Å². The fourth-order valence-electron chi connectivity index (χ4n) is 9.02. The van der Waals surface area contributed by atoms with E-state index in [-0.39, 0.29) is 31.1 Å². The molecule has 0 saturated carbocycles. The molecule has 0 saturated heterocycles. The van der Waals surface area contributed by atoms with Crippen molar-refractivity contribution in [2.45, 2.75) is 309 Å². The van der Waals surface area contributed by atoms with Crippen LogP contribution >= 0.6 is 0 Å². The first-order valence-corrected chi connectivity index (χ1v) is 33.0. The topological polar surface area (TPSA) is 78.9 Å². The third-order valence-corrected chi connectivity index (χ3v) is 14.0. The van der Waals surface area contributed by atoms with Gasteiger partial charge in [0.2, 0.25) is 0 Å². The van der Waals surface area contributed by atoms with Crippen LogP contribution in [0.15, 0.2) is 122 Å². The van der Waals surface area contributed by atoms with Gasteiger partial charge in [0.15, 0.2) is 6.10 Å². The first kappa shape index (κ1) is 74.8. The predicted molar refractivity (Wildman–Crippen MR) is 343 cm³/mol. The molecule has 0 aliphatic rings. The van der Waals surface area contributed by atoms with Gasteiger partial charge in [-0.2, -0.15) is 0 Å². The van der Waals surface area contributed by atoms with Crippen molar-refractivity contribution in [3.8, 4) is 0 Å². The fourth-order valence-corrected chi connectivity index (χ4v) is 9.02. The van der Waals surface area contributed by atoms with E-state index in [0.717, 1.165) is 135 Å². The SMILES string of the molecule is CC/C=C\C/C=C\C/C=C\C/C=C\C/C=C\C/C=C\C/C=C\C/C=C\C/C=C\CCCCCCCC(=O)OCC(COC(=O)CCCCCCCCCCC)OC(=O)CCCCCCCCCCC/C=C\CCCCCCCC. The molecular weight excluding hydrogens is 973 g/mol. The maximum absolute atomic E-state index is 12.9. The largest absolute Gasteiger partial charge is 0.462 e. The molecule has 0 bridgehead atoms. The van der Waals surface area contributed by atoms with Crippen LogP contribution in [0.4, 0.5) is 0 Å². The molecule has 1 unspecified atom stereocenters. The van der Waals surface area contributed by atoms with Crippen molar-refractivity contribution >= 4 is 17.9 Å². The number of unbranched alkanes of at least 4 members (excludes halogenated alkanes) is 28. The summed E-state index contributed by atoms with van der Waals surface area (Å²) in [6, 6.07) is 0. The first-order chi connectivity index (χ1) is 39.0. The van der Waals surface area contributed by atoms with E-state index >= 15 is 0 Å². The van der Waals surface area contributed by atoms with Crippen LogP contribution in [-0.2, 0) is 28.6 Å². The van der Waals surface area contributed by atoms with Crippen LogP contribution in [0.5, 0.6) is 0 Å². The summed E-state index contributed by atoms with van der Waals surface area (Å²) in [4.78, 5) is 38.2.